The Morgan fingerprint density at radius 3 is 2.37 bits per heavy atom. The first-order chi connectivity index (χ1) is 12.7. The van der Waals surface area contributed by atoms with Crippen LogP contribution in [-0.2, 0) is 14.8 Å². The van der Waals surface area contributed by atoms with Crippen molar-refractivity contribution in [1.82, 2.24) is 14.2 Å². The molecule has 1 aromatic carbocycles. The van der Waals surface area contributed by atoms with E-state index >= 15 is 0 Å². The topological polar surface area (TPSA) is 175 Å². The lowest BCUT2D eigenvalue weighted by atomic mass is 9.95. The first-order valence-corrected chi connectivity index (χ1v) is 9.43. The molecule has 0 amide bonds. The molecule has 1 aliphatic rings. The molecule has 2 heterocycles. The molecule has 1 saturated heterocycles. The predicted octanol–water partition coefficient (Wildman–Crippen LogP) is -2.37. The third-order valence-electron chi connectivity index (χ3n) is 4.32. The molecule has 1 fully saturated rings. The van der Waals surface area contributed by atoms with Gasteiger partial charge < -0.3 is 25.2 Å². The van der Waals surface area contributed by atoms with Crippen LogP contribution in [0.5, 0.6) is 0 Å². The highest BCUT2D eigenvalue weighted by molar-refractivity contribution is 7.89. The van der Waals surface area contributed by atoms with Crippen molar-refractivity contribution in [2.45, 2.75) is 42.3 Å². The Morgan fingerprint density at radius 1 is 1.15 bits per heavy atom. The summed E-state index contributed by atoms with van der Waals surface area (Å²) in [5.74, 6) is -0.368. The van der Waals surface area contributed by atoms with E-state index in [9.17, 15) is 33.6 Å². The SMILES string of the molecule is Cc1ccc(S(=O)(=O)n2nc([C@@H]3O[C@H](CO)[C@@H](O)[C@H](O)[C@H]3O)[nH]c2=O)cc1. The average molecular weight is 401 g/mol. The fourth-order valence-corrected chi connectivity index (χ4v) is 3.89. The lowest BCUT2D eigenvalue weighted by molar-refractivity contribution is -0.233. The van der Waals surface area contributed by atoms with Crippen molar-refractivity contribution in [2.24, 2.45) is 0 Å². The Hall–Kier alpha value is -2.09. The van der Waals surface area contributed by atoms with Gasteiger partial charge in [0.2, 0.25) is 0 Å². The normalized spacial score (nSPS) is 29.0. The van der Waals surface area contributed by atoms with Crippen molar-refractivity contribution in [1.29, 1.82) is 0 Å². The summed E-state index contributed by atoms with van der Waals surface area (Å²) in [4.78, 5) is 14.1. The monoisotopic (exact) mass is 401 g/mol. The van der Waals surface area contributed by atoms with Crippen LogP contribution in [0.1, 0.15) is 17.5 Å². The van der Waals surface area contributed by atoms with Crippen LogP contribution in [0.2, 0.25) is 0 Å². The molecule has 0 bridgehead atoms. The molecule has 11 nitrogen and oxygen atoms in total. The molecule has 1 aliphatic heterocycles. The first kappa shape index (κ1) is 19.7. The summed E-state index contributed by atoms with van der Waals surface area (Å²) < 4.78 is 30.7. The number of nitrogens with zero attached hydrogens (tertiary/aromatic N) is 2. The maximum absolute atomic E-state index is 12.6. The van der Waals surface area contributed by atoms with Crippen LogP contribution in [0.25, 0.3) is 0 Å². The van der Waals surface area contributed by atoms with Gasteiger partial charge in [0.25, 0.3) is 10.0 Å². The van der Waals surface area contributed by atoms with Crippen LogP contribution in [-0.4, -0.2) is 74.0 Å². The minimum absolute atomic E-state index is 0.165. The second-order valence-electron chi connectivity index (χ2n) is 6.23. The zero-order chi connectivity index (χ0) is 19.9. The van der Waals surface area contributed by atoms with Crippen molar-refractivity contribution in [3.8, 4) is 0 Å². The summed E-state index contributed by atoms with van der Waals surface area (Å²) in [5, 5.41) is 42.6. The number of benzene rings is 1. The van der Waals surface area contributed by atoms with Crippen molar-refractivity contribution in [3.05, 3.63) is 46.1 Å². The van der Waals surface area contributed by atoms with Gasteiger partial charge in [-0.15, -0.1) is 5.10 Å². The van der Waals surface area contributed by atoms with E-state index in [0.29, 0.717) is 0 Å². The predicted molar refractivity (Wildman–Crippen MR) is 89.3 cm³/mol. The number of aliphatic hydroxyl groups is 4. The number of ether oxygens (including phenoxy) is 1. The summed E-state index contributed by atoms with van der Waals surface area (Å²) in [5.41, 5.74) is -0.270. The van der Waals surface area contributed by atoms with Crippen LogP contribution >= 0.6 is 0 Å². The van der Waals surface area contributed by atoms with E-state index in [4.69, 9.17) is 4.74 Å². The number of aryl methyl sites for hydroxylation is 1. The molecule has 148 valence electrons. The summed E-state index contributed by atoms with van der Waals surface area (Å²) in [7, 11) is -4.30. The molecule has 0 spiro atoms. The van der Waals surface area contributed by atoms with E-state index in [1.165, 1.54) is 12.1 Å². The number of hydrogen-bond donors (Lipinski definition) is 5. The van der Waals surface area contributed by atoms with E-state index in [-0.39, 0.29) is 14.8 Å². The zero-order valence-corrected chi connectivity index (χ0v) is 14.9. The van der Waals surface area contributed by atoms with Gasteiger partial charge in [0.1, 0.15) is 30.5 Å². The summed E-state index contributed by atoms with van der Waals surface area (Å²) in [6.45, 7) is 1.10. The standard InChI is InChI=1S/C15H19N3O8S/c1-7-2-4-8(5-3-7)27(24,25)18-15(23)16-14(17-18)13-12(22)11(21)10(20)9(6-19)26-13/h2-5,9-13,19-22H,6H2,1H3,(H,16,17,23)/t9-,10-,11+,12-,13-/m1/s1. The van der Waals surface area contributed by atoms with Gasteiger partial charge in [-0.25, -0.2) is 4.79 Å². The van der Waals surface area contributed by atoms with E-state index in [0.717, 1.165) is 5.56 Å². The second-order valence-corrected chi connectivity index (χ2v) is 7.99. The van der Waals surface area contributed by atoms with Crippen LogP contribution in [0.3, 0.4) is 0 Å². The number of aliphatic hydroxyl groups excluding tert-OH is 4. The molecule has 0 aliphatic carbocycles. The molecule has 3 rings (SSSR count). The number of rotatable bonds is 4. The Morgan fingerprint density at radius 2 is 1.78 bits per heavy atom. The van der Waals surface area contributed by atoms with E-state index < -0.39 is 52.8 Å². The van der Waals surface area contributed by atoms with E-state index in [1.54, 1.807) is 19.1 Å². The van der Waals surface area contributed by atoms with Crippen molar-refractivity contribution in [3.63, 3.8) is 0 Å². The fourth-order valence-electron chi connectivity index (χ4n) is 2.75. The number of nitrogens with one attached hydrogen (secondary N) is 1. The minimum atomic E-state index is -4.30. The maximum Gasteiger partial charge on any atom is 0.358 e. The van der Waals surface area contributed by atoms with Crippen molar-refractivity contribution in [2.75, 3.05) is 6.61 Å². The van der Waals surface area contributed by atoms with E-state index in [1.807, 2.05) is 0 Å². The van der Waals surface area contributed by atoms with Gasteiger partial charge >= 0.3 is 5.69 Å². The molecule has 27 heavy (non-hydrogen) atoms. The Bertz CT molecular complexity index is 966. The van der Waals surface area contributed by atoms with Gasteiger partial charge in [-0.1, -0.05) is 21.8 Å². The average Bonchev–Trinajstić information content (AvgIpc) is 3.03. The van der Waals surface area contributed by atoms with Crippen LogP contribution in [0, 0.1) is 6.92 Å². The highest BCUT2D eigenvalue weighted by Crippen LogP contribution is 2.30. The third kappa shape index (κ3) is 3.42. The van der Waals surface area contributed by atoms with Crippen molar-refractivity contribution < 1.29 is 33.6 Å². The van der Waals surface area contributed by atoms with Gasteiger partial charge in [0, 0.05) is 0 Å². The van der Waals surface area contributed by atoms with E-state index in [2.05, 4.69) is 10.1 Å². The van der Waals surface area contributed by atoms with Crippen LogP contribution < -0.4 is 5.69 Å². The summed E-state index contributed by atoms with van der Waals surface area (Å²) >= 11 is 0. The van der Waals surface area contributed by atoms with Crippen LogP contribution in [0.4, 0.5) is 0 Å². The highest BCUT2D eigenvalue weighted by atomic mass is 32.2. The number of aromatic nitrogens is 3. The van der Waals surface area contributed by atoms with Gasteiger partial charge in [-0.2, -0.15) is 8.42 Å². The first-order valence-electron chi connectivity index (χ1n) is 7.99. The molecule has 12 heteroatoms. The zero-order valence-electron chi connectivity index (χ0n) is 14.1. The minimum Gasteiger partial charge on any atom is -0.394 e. The molecular weight excluding hydrogens is 382 g/mol. The lowest BCUT2D eigenvalue weighted by Gasteiger charge is -2.38. The molecule has 0 unspecified atom stereocenters. The molecule has 2 aromatic rings. The summed E-state index contributed by atoms with van der Waals surface area (Å²) in [6, 6.07) is 5.75. The Labute approximate surface area is 153 Å². The molecular formula is C15H19N3O8S. The molecule has 0 saturated carbocycles. The molecule has 5 N–H and O–H groups in total. The number of hydrogen-bond acceptors (Lipinski definition) is 9. The van der Waals surface area contributed by atoms with Gasteiger partial charge in [-0.05, 0) is 19.1 Å². The lowest BCUT2D eigenvalue weighted by Crippen LogP contribution is -2.55. The maximum atomic E-state index is 12.6. The molecule has 0 radical (unpaired) electrons. The Kier molecular flexibility index (Phi) is 5.20. The Balaban J connectivity index is 1.99. The van der Waals surface area contributed by atoms with Crippen LogP contribution in [0.15, 0.2) is 34.0 Å². The second kappa shape index (κ2) is 7.14. The smallest absolute Gasteiger partial charge is 0.358 e. The largest absolute Gasteiger partial charge is 0.394 e. The highest BCUT2D eigenvalue weighted by Gasteiger charge is 2.45. The molecule has 5 atom stereocenters. The quantitative estimate of drug-likeness (QED) is 0.375. The molecule has 1 aromatic heterocycles. The summed E-state index contributed by atoms with van der Waals surface area (Å²) in [6.07, 6.45) is -7.67. The fraction of sp³-hybridized carbons (Fsp3) is 0.467. The number of aromatic amines is 1. The van der Waals surface area contributed by atoms with Gasteiger partial charge in [0.05, 0.1) is 11.5 Å². The van der Waals surface area contributed by atoms with Gasteiger partial charge in [-0.3, -0.25) is 4.98 Å². The van der Waals surface area contributed by atoms with Crippen molar-refractivity contribution >= 4 is 10.0 Å². The third-order valence-corrected chi connectivity index (χ3v) is 5.89. The van der Waals surface area contributed by atoms with Gasteiger partial charge in [0.15, 0.2) is 5.82 Å². The number of H-pyrrole nitrogens is 1.